The highest BCUT2D eigenvalue weighted by Crippen LogP contribution is 2.27. The van der Waals surface area contributed by atoms with Gasteiger partial charge in [0.15, 0.2) is 0 Å². The van der Waals surface area contributed by atoms with Gasteiger partial charge in [0.1, 0.15) is 0 Å². The maximum atomic E-state index is 5.25. The van der Waals surface area contributed by atoms with Crippen molar-refractivity contribution in [1.82, 2.24) is 19.6 Å². The molecule has 0 saturated carbocycles. The predicted octanol–water partition coefficient (Wildman–Crippen LogP) is 4.56. The Bertz CT molecular complexity index is 1010. The minimum atomic E-state index is 0.714. The van der Waals surface area contributed by atoms with Gasteiger partial charge in [-0.3, -0.25) is 0 Å². The molecule has 0 spiro atoms. The normalized spacial score (nSPS) is 16.8. The molecule has 3 aromatic rings. The van der Waals surface area contributed by atoms with Crippen LogP contribution in [0.3, 0.4) is 0 Å². The van der Waals surface area contributed by atoms with Crippen molar-refractivity contribution >= 4 is 0 Å². The number of hydrogen-bond donors (Lipinski definition) is 0. The SMILES string of the molecule is COCCN1CCC(CN(C)Cc2cn(-c3cc(C)ccc3C)nc2-c2ccccc2)C1. The Morgan fingerprint density at radius 2 is 1.94 bits per heavy atom. The maximum Gasteiger partial charge on any atom is 0.0972 e. The van der Waals surface area contributed by atoms with Crippen LogP contribution < -0.4 is 0 Å². The standard InChI is InChI=1S/C27H36N4O/c1-21-10-11-22(2)26(16-21)31-20-25(27(28-31)24-8-6-5-7-9-24)19-29(3)17-23-12-13-30(18-23)14-15-32-4/h5-11,16,20,23H,12-15,17-19H2,1-4H3. The lowest BCUT2D eigenvalue weighted by atomic mass is 10.1. The maximum absolute atomic E-state index is 5.25. The van der Waals surface area contributed by atoms with Gasteiger partial charge in [0.25, 0.3) is 0 Å². The van der Waals surface area contributed by atoms with Crippen LogP contribution in [0.2, 0.25) is 0 Å². The highest BCUT2D eigenvalue weighted by Gasteiger charge is 2.24. The molecule has 1 fully saturated rings. The van der Waals surface area contributed by atoms with Gasteiger partial charge in [-0.2, -0.15) is 5.10 Å². The van der Waals surface area contributed by atoms with Gasteiger partial charge in [0, 0.05) is 50.6 Å². The van der Waals surface area contributed by atoms with Gasteiger partial charge in [0.2, 0.25) is 0 Å². The fraction of sp³-hybridized carbons (Fsp3) is 0.444. The molecule has 1 atom stereocenters. The second-order valence-corrected chi connectivity index (χ2v) is 9.25. The van der Waals surface area contributed by atoms with E-state index in [0.29, 0.717) is 5.92 Å². The molecular weight excluding hydrogens is 396 g/mol. The fourth-order valence-electron chi connectivity index (χ4n) is 4.74. The van der Waals surface area contributed by atoms with Crippen molar-refractivity contribution in [2.24, 2.45) is 5.92 Å². The third-order valence-corrected chi connectivity index (χ3v) is 6.44. The molecule has 0 amide bonds. The highest BCUT2D eigenvalue weighted by molar-refractivity contribution is 5.63. The van der Waals surface area contributed by atoms with E-state index in [-0.39, 0.29) is 0 Å². The van der Waals surface area contributed by atoms with E-state index >= 15 is 0 Å². The summed E-state index contributed by atoms with van der Waals surface area (Å²) in [6, 6.07) is 17.1. The van der Waals surface area contributed by atoms with Crippen molar-refractivity contribution in [2.45, 2.75) is 26.8 Å². The zero-order valence-electron chi connectivity index (χ0n) is 19.9. The quantitative estimate of drug-likeness (QED) is 0.496. The van der Waals surface area contributed by atoms with Crippen molar-refractivity contribution in [3.05, 3.63) is 71.4 Å². The summed E-state index contributed by atoms with van der Waals surface area (Å²) in [5.41, 5.74) is 7.16. The van der Waals surface area contributed by atoms with E-state index in [4.69, 9.17) is 9.84 Å². The number of nitrogens with zero attached hydrogens (tertiary/aromatic N) is 4. The molecule has 1 unspecified atom stereocenters. The van der Waals surface area contributed by atoms with Crippen LogP contribution in [0.4, 0.5) is 0 Å². The summed E-state index contributed by atoms with van der Waals surface area (Å²) in [6.07, 6.45) is 3.49. The summed E-state index contributed by atoms with van der Waals surface area (Å²) >= 11 is 0. The fourth-order valence-corrected chi connectivity index (χ4v) is 4.74. The Labute approximate surface area is 192 Å². The number of aryl methyl sites for hydroxylation is 2. The number of likely N-dealkylation sites (tertiary alicyclic amines) is 1. The molecule has 2 heterocycles. The Morgan fingerprint density at radius 3 is 2.72 bits per heavy atom. The molecular formula is C27H36N4O. The zero-order chi connectivity index (χ0) is 22.5. The first-order valence-electron chi connectivity index (χ1n) is 11.6. The van der Waals surface area contributed by atoms with E-state index < -0.39 is 0 Å². The van der Waals surface area contributed by atoms with Crippen molar-refractivity contribution in [3.63, 3.8) is 0 Å². The number of methoxy groups -OCH3 is 1. The first kappa shape index (κ1) is 22.7. The molecule has 1 aliphatic rings. The lowest BCUT2D eigenvalue weighted by Gasteiger charge is -2.21. The smallest absolute Gasteiger partial charge is 0.0972 e. The minimum Gasteiger partial charge on any atom is -0.383 e. The van der Waals surface area contributed by atoms with Crippen LogP contribution in [0.25, 0.3) is 16.9 Å². The molecule has 0 aliphatic carbocycles. The summed E-state index contributed by atoms with van der Waals surface area (Å²) in [5, 5.41) is 5.05. The summed E-state index contributed by atoms with van der Waals surface area (Å²) in [6.45, 7) is 10.5. The first-order valence-corrected chi connectivity index (χ1v) is 11.6. The Morgan fingerprint density at radius 1 is 1.12 bits per heavy atom. The largest absolute Gasteiger partial charge is 0.383 e. The lowest BCUT2D eigenvalue weighted by Crippen LogP contribution is -2.29. The number of rotatable bonds is 9. The van der Waals surface area contributed by atoms with Crippen molar-refractivity contribution < 1.29 is 4.74 Å². The summed E-state index contributed by atoms with van der Waals surface area (Å²) in [5.74, 6) is 0.714. The van der Waals surface area contributed by atoms with Gasteiger partial charge in [-0.05, 0) is 57.0 Å². The average molecular weight is 433 g/mol. The van der Waals surface area contributed by atoms with Crippen LogP contribution in [0.5, 0.6) is 0 Å². The zero-order valence-corrected chi connectivity index (χ0v) is 19.9. The highest BCUT2D eigenvalue weighted by atomic mass is 16.5. The number of ether oxygens (including phenoxy) is 1. The summed E-state index contributed by atoms with van der Waals surface area (Å²) in [4.78, 5) is 4.98. The molecule has 2 aromatic carbocycles. The van der Waals surface area contributed by atoms with E-state index in [1.165, 1.54) is 41.8 Å². The van der Waals surface area contributed by atoms with E-state index in [0.717, 1.165) is 37.6 Å². The van der Waals surface area contributed by atoms with E-state index in [1.807, 2.05) is 0 Å². The molecule has 170 valence electrons. The van der Waals surface area contributed by atoms with Gasteiger partial charge in [-0.1, -0.05) is 42.5 Å². The number of hydrogen-bond acceptors (Lipinski definition) is 4. The van der Waals surface area contributed by atoms with Crippen molar-refractivity contribution in [3.8, 4) is 16.9 Å². The predicted molar refractivity (Wildman–Crippen MR) is 131 cm³/mol. The average Bonchev–Trinajstić information content (AvgIpc) is 3.41. The second-order valence-electron chi connectivity index (χ2n) is 9.25. The Kier molecular flexibility index (Phi) is 7.40. The van der Waals surface area contributed by atoms with Crippen LogP contribution in [0, 0.1) is 19.8 Å². The van der Waals surface area contributed by atoms with Crippen LogP contribution >= 0.6 is 0 Å². The van der Waals surface area contributed by atoms with Crippen LogP contribution in [-0.2, 0) is 11.3 Å². The summed E-state index contributed by atoms with van der Waals surface area (Å²) in [7, 11) is 4.02. The molecule has 0 radical (unpaired) electrons. The van der Waals surface area contributed by atoms with E-state index in [2.05, 4.69) is 90.1 Å². The number of aromatic nitrogens is 2. The second kappa shape index (κ2) is 10.4. The number of benzene rings is 2. The van der Waals surface area contributed by atoms with Crippen LogP contribution in [0.1, 0.15) is 23.1 Å². The molecule has 32 heavy (non-hydrogen) atoms. The monoisotopic (exact) mass is 432 g/mol. The molecule has 0 N–H and O–H groups in total. The topological polar surface area (TPSA) is 33.5 Å². The van der Waals surface area contributed by atoms with Gasteiger partial charge < -0.3 is 14.5 Å². The molecule has 1 aromatic heterocycles. The molecule has 5 heteroatoms. The first-order chi connectivity index (χ1) is 15.5. The molecule has 0 bridgehead atoms. The third kappa shape index (κ3) is 5.47. The van der Waals surface area contributed by atoms with Gasteiger partial charge in [0.05, 0.1) is 18.0 Å². The van der Waals surface area contributed by atoms with Crippen molar-refractivity contribution in [2.75, 3.05) is 46.9 Å². The van der Waals surface area contributed by atoms with Gasteiger partial charge in [-0.15, -0.1) is 0 Å². The molecule has 4 rings (SSSR count). The third-order valence-electron chi connectivity index (χ3n) is 6.44. The molecule has 1 saturated heterocycles. The van der Waals surface area contributed by atoms with Gasteiger partial charge in [-0.25, -0.2) is 4.68 Å². The van der Waals surface area contributed by atoms with Gasteiger partial charge >= 0.3 is 0 Å². The minimum absolute atomic E-state index is 0.714. The van der Waals surface area contributed by atoms with Crippen LogP contribution in [-0.4, -0.2) is 66.5 Å². The van der Waals surface area contributed by atoms with Crippen molar-refractivity contribution in [1.29, 1.82) is 0 Å². The molecule has 1 aliphatic heterocycles. The Balaban J connectivity index is 1.53. The Hall–Kier alpha value is -2.47. The summed E-state index contributed by atoms with van der Waals surface area (Å²) < 4.78 is 7.31. The van der Waals surface area contributed by atoms with E-state index in [1.54, 1.807) is 7.11 Å². The van der Waals surface area contributed by atoms with E-state index in [9.17, 15) is 0 Å². The van der Waals surface area contributed by atoms with Crippen LogP contribution in [0.15, 0.2) is 54.7 Å². The lowest BCUT2D eigenvalue weighted by molar-refractivity contribution is 0.157. The molecule has 5 nitrogen and oxygen atoms in total.